The van der Waals surface area contributed by atoms with Crippen LogP contribution in [0.4, 0.5) is 0 Å². The number of nitrogens with zero attached hydrogens (tertiary/aromatic N) is 2. The molecule has 128 valence electrons. The van der Waals surface area contributed by atoms with E-state index in [-0.39, 0.29) is 25.2 Å². The Hall–Kier alpha value is -2.09. The molecule has 0 aliphatic carbocycles. The summed E-state index contributed by atoms with van der Waals surface area (Å²) in [6.45, 7) is 0.866. The van der Waals surface area contributed by atoms with Gasteiger partial charge in [0, 0.05) is 23.0 Å². The Morgan fingerprint density at radius 1 is 1.29 bits per heavy atom. The monoisotopic (exact) mass is 395 g/mol. The molecule has 1 aromatic carbocycles. The van der Waals surface area contributed by atoms with Crippen molar-refractivity contribution in [1.29, 1.82) is 0 Å². The van der Waals surface area contributed by atoms with Crippen molar-refractivity contribution in [2.24, 2.45) is 5.10 Å². The number of halogens is 1. The molecule has 1 fully saturated rings. The molecular formula is C16H18BrN3O4. The fourth-order valence-electron chi connectivity index (χ4n) is 2.62. The van der Waals surface area contributed by atoms with Crippen molar-refractivity contribution < 1.29 is 19.1 Å². The summed E-state index contributed by atoms with van der Waals surface area (Å²) in [7, 11) is 0. The van der Waals surface area contributed by atoms with Crippen molar-refractivity contribution in [1.82, 2.24) is 10.3 Å². The maximum atomic E-state index is 12.0. The lowest BCUT2D eigenvalue weighted by atomic mass is 10.2. The summed E-state index contributed by atoms with van der Waals surface area (Å²) in [4.78, 5) is 25.4. The molecule has 0 radical (unpaired) electrons. The van der Waals surface area contributed by atoms with Crippen molar-refractivity contribution in [2.75, 3.05) is 19.9 Å². The minimum Gasteiger partial charge on any atom is -0.454 e. The third kappa shape index (κ3) is 4.05. The van der Waals surface area contributed by atoms with Crippen LogP contribution in [0.25, 0.3) is 0 Å². The number of fused-ring (bicyclic) bond motifs is 1. The molecule has 2 aliphatic rings. The number of rotatable bonds is 4. The van der Waals surface area contributed by atoms with E-state index in [2.05, 4.69) is 26.5 Å². The zero-order chi connectivity index (χ0) is 16.9. The van der Waals surface area contributed by atoms with Crippen LogP contribution >= 0.6 is 15.9 Å². The summed E-state index contributed by atoms with van der Waals surface area (Å²) in [5.74, 6) is 1.03. The number of benzene rings is 1. The number of nitrogens with one attached hydrogen (secondary N) is 1. The van der Waals surface area contributed by atoms with E-state index in [1.165, 1.54) is 6.21 Å². The van der Waals surface area contributed by atoms with E-state index >= 15 is 0 Å². The van der Waals surface area contributed by atoms with Gasteiger partial charge in [-0.05, 0) is 40.9 Å². The van der Waals surface area contributed by atoms with Gasteiger partial charge in [-0.2, -0.15) is 5.10 Å². The number of ether oxygens (including phenoxy) is 2. The maximum Gasteiger partial charge on any atom is 0.259 e. The minimum atomic E-state index is -0.307. The van der Waals surface area contributed by atoms with Crippen LogP contribution in [-0.4, -0.2) is 42.8 Å². The molecule has 1 N–H and O–H groups in total. The second-order valence-corrected chi connectivity index (χ2v) is 6.50. The largest absolute Gasteiger partial charge is 0.454 e. The number of likely N-dealkylation sites (tertiary alicyclic amines) is 1. The van der Waals surface area contributed by atoms with Crippen LogP contribution in [-0.2, 0) is 9.59 Å². The highest BCUT2D eigenvalue weighted by Crippen LogP contribution is 2.36. The highest BCUT2D eigenvalue weighted by molar-refractivity contribution is 9.10. The molecule has 3 rings (SSSR count). The fourth-order valence-corrected chi connectivity index (χ4v) is 3.04. The molecule has 7 nitrogen and oxygen atoms in total. The molecule has 8 heteroatoms. The standard InChI is InChI=1S/C16H18BrN3O4/c17-12-7-14-13(23-10-24-14)6-11(12)8-18-19-15(21)9-20-5-3-1-2-4-16(20)22/h6-8H,1-5,9-10H2,(H,19,21)/b18-8-. The van der Waals surface area contributed by atoms with Crippen LogP contribution in [0.3, 0.4) is 0 Å². The summed E-state index contributed by atoms with van der Waals surface area (Å²) >= 11 is 3.42. The zero-order valence-corrected chi connectivity index (χ0v) is 14.7. The van der Waals surface area contributed by atoms with Gasteiger partial charge >= 0.3 is 0 Å². The lowest BCUT2D eigenvalue weighted by Crippen LogP contribution is -2.39. The third-order valence-corrected chi connectivity index (χ3v) is 4.58. The molecule has 0 bridgehead atoms. The van der Waals surface area contributed by atoms with Gasteiger partial charge in [-0.3, -0.25) is 9.59 Å². The fraction of sp³-hybridized carbons (Fsp3) is 0.438. The van der Waals surface area contributed by atoms with Gasteiger partial charge in [-0.25, -0.2) is 5.43 Å². The van der Waals surface area contributed by atoms with Gasteiger partial charge in [0.15, 0.2) is 11.5 Å². The SMILES string of the molecule is O=C(CN1CCCCCC1=O)N/N=C\c1cc2c(cc1Br)OCO2. The highest BCUT2D eigenvalue weighted by Gasteiger charge is 2.19. The molecule has 0 unspecified atom stereocenters. The second kappa shape index (κ2) is 7.65. The quantitative estimate of drug-likeness (QED) is 0.624. The number of carbonyl (C=O) groups excluding carboxylic acids is 2. The van der Waals surface area contributed by atoms with Gasteiger partial charge in [0.1, 0.15) is 6.54 Å². The Balaban J connectivity index is 1.56. The van der Waals surface area contributed by atoms with Gasteiger partial charge in [0.05, 0.1) is 6.21 Å². The Labute approximate surface area is 148 Å². The van der Waals surface area contributed by atoms with Gasteiger partial charge in [-0.15, -0.1) is 0 Å². The summed E-state index contributed by atoms with van der Waals surface area (Å²) < 4.78 is 11.4. The summed E-state index contributed by atoms with van der Waals surface area (Å²) in [5, 5.41) is 3.95. The molecule has 2 heterocycles. The lowest BCUT2D eigenvalue weighted by molar-refractivity contribution is -0.135. The van der Waals surface area contributed by atoms with E-state index in [4.69, 9.17) is 9.47 Å². The van der Waals surface area contributed by atoms with Crippen molar-refractivity contribution in [3.8, 4) is 11.5 Å². The number of carbonyl (C=O) groups is 2. The van der Waals surface area contributed by atoms with Crippen LogP contribution in [0.5, 0.6) is 11.5 Å². The number of hydrogen-bond acceptors (Lipinski definition) is 5. The Morgan fingerprint density at radius 2 is 2.08 bits per heavy atom. The maximum absolute atomic E-state index is 12.0. The third-order valence-electron chi connectivity index (χ3n) is 3.89. The Morgan fingerprint density at radius 3 is 2.92 bits per heavy atom. The van der Waals surface area contributed by atoms with E-state index in [0.717, 1.165) is 29.3 Å². The van der Waals surface area contributed by atoms with E-state index in [9.17, 15) is 9.59 Å². The van der Waals surface area contributed by atoms with Crippen LogP contribution in [0.1, 0.15) is 31.2 Å². The van der Waals surface area contributed by atoms with Gasteiger partial charge < -0.3 is 14.4 Å². The number of hydrogen-bond donors (Lipinski definition) is 1. The number of hydrazone groups is 1. The van der Waals surface area contributed by atoms with Crippen LogP contribution in [0, 0.1) is 0 Å². The van der Waals surface area contributed by atoms with Crippen molar-refractivity contribution in [3.05, 3.63) is 22.2 Å². The molecule has 1 saturated heterocycles. The average molecular weight is 396 g/mol. The Bertz CT molecular complexity index is 678. The molecule has 0 saturated carbocycles. The first-order valence-electron chi connectivity index (χ1n) is 7.82. The van der Waals surface area contributed by atoms with Crippen LogP contribution < -0.4 is 14.9 Å². The van der Waals surface area contributed by atoms with E-state index in [1.807, 2.05) is 0 Å². The molecule has 2 aliphatic heterocycles. The predicted octanol–water partition coefficient (Wildman–Crippen LogP) is 2.03. The first kappa shape index (κ1) is 16.8. The molecule has 24 heavy (non-hydrogen) atoms. The van der Waals surface area contributed by atoms with Gasteiger partial charge in [-0.1, -0.05) is 6.42 Å². The van der Waals surface area contributed by atoms with Crippen LogP contribution in [0.2, 0.25) is 0 Å². The summed E-state index contributed by atoms with van der Waals surface area (Å²) in [6, 6.07) is 3.57. The smallest absolute Gasteiger partial charge is 0.259 e. The molecule has 1 aromatic rings. The first-order valence-corrected chi connectivity index (χ1v) is 8.61. The topological polar surface area (TPSA) is 80.2 Å². The average Bonchev–Trinajstić information content (AvgIpc) is 2.90. The molecule has 0 atom stereocenters. The summed E-state index contributed by atoms with van der Waals surface area (Å²) in [5.41, 5.74) is 3.21. The molecular weight excluding hydrogens is 378 g/mol. The second-order valence-electron chi connectivity index (χ2n) is 5.65. The van der Waals surface area contributed by atoms with Crippen molar-refractivity contribution in [2.45, 2.75) is 25.7 Å². The Kier molecular flexibility index (Phi) is 5.34. The van der Waals surface area contributed by atoms with E-state index in [1.54, 1.807) is 17.0 Å². The van der Waals surface area contributed by atoms with Crippen LogP contribution in [0.15, 0.2) is 21.7 Å². The van der Waals surface area contributed by atoms with E-state index in [0.29, 0.717) is 24.5 Å². The summed E-state index contributed by atoms with van der Waals surface area (Å²) in [6.07, 6.45) is 4.90. The molecule has 2 amide bonds. The van der Waals surface area contributed by atoms with Crippen molar-refractivity contribution in [3.63, 3.8) is 0 Å². The van der Waals surface area contributed by atoms with Gasteiger partial charge in [0.25, 0.3) is 5.91 Å². The zero-order valence-electron chi connectivity index (χ0n) is 13.1. The molecule has 0 aromatic heterocycles. The minimum absolute atomic E-state index is 0.0325. The van der Waals surface area contributed by atoms with Crippen molar-refractivity contribution >= 4 is 34.0 Å². The molecule has 0 spiro atoms. The van der Waals surface area contributed by atoms with E-state index < -0.39 is 0 Å². The lowest BCUT2D eigenvalue weighted by Gasteiger charge is -2.18. The highest BCUT2D eigenvalue weighted by atomic mass is 79.9. The number of amides is 2. The predicted molar refractivity (Wildman–Crippen MR) is 91.0 cm³/mol. The van der Waals surface area contributed by atoms with Gasteiger partial charge in [0.2, 0.25) is 12.7 Å². The normalized spacial score (nSPS) is 17.2. The first-order chi connectivity index (χ1) is 11.6.